The van der Waals surface area contributed by atoms with E-state index in [-0.39, 0.29) is 23.2 Å². The first kappa shape index (κ1) is 15.3. The second kappa shape index (κ2) is 5.11. The summed E-state index contributed by atoms with van der Waals surface area (Å²) in [7, 11) is 0. The van der Waals surface area contributed by atoms with Crippen molar-refractivity contribution < 1.29 is 9.53 Å². The summed E-state index contributed by atoms with van der Waals surface area (Å²) in [4.78, 5) is 15.3. The molecule has 0 fully saturated rings. The largest absolute Gasteiger partial charge is 0.420 e. The molecule has 126 valence electrons. The van der Waals surface area contributed by atoms with Crippen LogP contribution in [0.5, 0.6) is 5.88 Å². The van der Waals surface area contributed by atoms with Gasteiger partial charge in [0.05, 0.1) is 5.56 Å². The number of likely N-dealkylation sites (N-methyl/N-ethyl adjacent to an activating group) is 1. The van der Waals surface area contributed by atoms with E-state index in [0.717, 1.165) is 16.9 Å². The first-order valence-corrected chi connectivity index (χ1v) is 8.18. The predicted octanol–water partition coefficient (Wildman–Crippen LogP) is 1.71. The van der Waals surface area contributed by atoms with Crippen molar-refractivity contribution in [1.29, 1.82) is 5.26 Å². The normalized spacial score (nSPS) is 21.2. The molecule has 7 nitrogen and oxygen atoms in total. The molecule has 0 aliphatic carbocycles. The van der Waals surface area contributed by atoms with Crippen LogP contribution in [-0.2, 0) is 16.6 Å². The number of nitriles is 1. The monoisotopic (exact) mass is 335 g/mol. The molecule has 1 spiro atoms. The van der Waals surface area contributed by atoms with E-state index in [9.17, 15) is 10.1 Å². The van der Waals surface area contributed by atoms with Gasteiger partial charge in [0.2, 0.25) is 17.7 Å². The van der Waals surface area contributed by atoms with E-state index in [4.69, 9.17) is 10.5 Å². The summed E-state index contributed by atoms with van der Waals surface area (Å²) >= 11 is 0. The lowest BCUT2D eigenvalue weighted by Crippen LogP contribution is -2.46. The van der Waals surface area contributed by atoms with Crippen LogP contribution in [0.2, 0.25) is 0 Å². The number of fused-ring (bicyclic) bond motifs is 4. The SMILES string of the molecule is CCc1[nH]nc2c1[C@]1(C(=O)N(CC)c3ccccc31)C(C#N)=C(N)O2. The first-order valence-electron chi connectivity index (χ1n) is 8.18. The summed E-state index contributed by atoms with van der Waals surface area (Å²) in [6.45, 7) is 4.35. The molecule has 1 amide bonds. The number of nitrogens with zero attached hydrogens (tertiary/aromatic N) is 3. The summed E-state index contributed by atoms with van der Waals surface area (Å²) < 4.78 is 5.56. The van der Waals surface area contributed by atoms with Crippen molar-refractivity contribution in [2.24, 2.45) is 5.73 Å². The maximum atomic E-state index is 13.6. The van der Waals surface area contributed by atoms with Gasteiger partial charge in [-0.15, -0.1) is 5.10 Å². The number of aromatic amines is 1. The van der Waals surface area contributed by atoms with Gasteiger partial charge in [-0.1, -0.05) is 25.1 Å². The van der Waals surface area contributed by atoms with E-state index < -0.39 is 5.41 Å². The number of ether oxygens (including phenoxy) is 1. The molecule has 1 aromatic heterocycles. The molecule has 2 aliphatic rings. The second-order valence-corrected chi connectivity index (χ2v) is 6.01. The van der Waals surface area contributed by atoms with Crippen molar-refractivity contribution in [3.05, 3.63) is 52.5 Å². The molecule has 4 rings (SSSR count). The number of nitrogens with two attached hydrogens (primary N) is 1. The Kier molecular flexibility index (Phi) is 3.12. The van der Waals surface area contributed by atoms with Crippen LogP contribution in [0.25, 0.3) is 0 Å². The highest BCUT2D eigenvalue weighted by molar-refractivity contribution is 6.14. The number of carbonyl (C=O) groups is 1. The van der Waals surface area contributed by atoms with Crippen LogP contribution in [0.15, 0.2) is 35.7 Å². The average Bonchev–Trinajstić information content (AvgIpc) is 3.13. The standard InChI is InChI=1S/C18H17N5O2/c1-3-12-14-16(22-21-12)25-15(20)11(9-19)18(14)10-7-5-6-8-13(10)23(4-2)17(18)24/h5-8H,3-4,20H2,1-2H3,(H,21,22)/t18-/m1/s1. The molecule has 0 saturated heterocycles. The van der Waals surface area contributed by atoms with Crippen LogP contribution in [-0.4, -0.2) is 22.6 Å². The quantitative estimate of drug-likeness (QED) is 0.868. The van der Waals surface area contributed by atoms with Crippen molar-refractivity contribution in [1.82, 2.24) is 10.2 Å². The number of nitrogens with one attached hydrogen (secondary N) is 1. The molecule has 0 radical (unpaired) electrons. The lowest BCUT2D eigenvalue weighted by atomic mass is 9.69. The topological polar surface area (TPSA) is 108 Å². The summed E-state index contributed by atoms with van der Waals surface area (Å²) in [5.74, 6) is -0.0175. The fraction of sp³-hybridized carbons (Fsp3) is 0.278. The van der Waals surface area contributed by atoms with E-state index >= 15 is 0 Å². The van der Waals surface area contributed by atoms with Gasteiger partial charge in [0, 0.05) is 23.5 Å². The van der Waals surface area contributed by atoms with Gasteiger partial charge in [-0.3, -0.25) is 9.89 Å². The number of anilines is 1. The molecule has 3 heterocycles. The van der Waals surface area contributed by atoms with Crippen LogP contribution in [0.3, 0.4) is 0 Å². The van der Waals surface area contributed by atoms with E-state index in [1.807, 2.05) is 38.1 Å². The molecule has 0 saturated carbocycles. The van der Waals surface area contributed by atoms with Crippen LogP contribution in [0.1, 0.15) is 30.7 Å². The number of carbonyl (C=O) groups excluding carboxylic acids is 1. The van der Waals surface area contributed by atoms with Gasteiger partial charge in [-0.2, -0.15) is 5.26 Å². The molecule has 1 aromatic carbocycles. The van der Waals surface area contributed by atoms with Crippen molar-refractivity contribution >= 4 is 11.6 Å². The third-order valence-electron chi connectivity index (χ3n) is 4.96. The molecule has 1 atom stereocenters. The Bertz CT molecular complexity index is 968. The number of benzene rings is 1. The number of amides is 1. The molecular weight excluding hydrogens is 318 g/mol. The van der Waals surface area contributed by atoms with E-state index in [2.05, 4.69) is 16.3 Å². The van der Waals surface area contributed by atoms with E-state index in [0.29, 0.717) is 18.5 Å². The maximum Gasteiger partial charge on any atom is 0.247 e. The molecule has 3 N–H and O–H groups in total. The second-order valence-electron chi connectivity index (χ2n) is 6.01. The Morgan fingerprint density at radius 1 is 1.40 bits per heavy atom. The molecule has 25 heavy (non-hydrogen) atoms. The summed E-state index contributed by atoms with van der Waals surface area (Å²) in [6, 6.07) is 9.62. The number of hydrogen-bond acceptors (Lipinski definition) is 5. The molecule has 0 unspecified atom stereocenters. The van der Waals surface area contributed by atoms with Crippen molar-refractivity contribution in [2.75, 3.05) is 11.4 Å². The van der Waals surface area contributed by atoms with Crippen molar-refractivity contribution in [2.45, 2.75) is 25.7 Å². The third-order valence-corrected chi connectivity index (χ3v) is 4.96. The molecular formula is C18H17N5O2. The summed E-state index contributed by atoms with van der Waals surface area (Å²) in [5, 5.41) is 17.0. The fourth-order valence-electron chi connectivity index (χ4n) is 3.93. The van der Waals surface area contributed by atoms with E-state index in [1.54, 1.807) is 4.90 Å². The Morgan fingerprint density at radius 3 is 2.84 bits per heavy atom. The van der Waals surface area contributed by atoms with Gasteiger partial charge in [-0.25, -0.2) is 0 Å². The number of para-hydroxylation sites is 1. The average molecular weight is 335 g/mol. The number of hydrogen-bond donors (Lipinski definition) is 2. The van der Waals surface area contributed by atoms with Crippen molar-refractivity contribution in [3.63, 3.8) is 0 Å². The number of rotatable bonds is 2. The molecule has 2 aromatic rings. The number of aryl methyl sites for hydroxylation is 1. The van der Waals surface area contributed by atoms with Gasteiger partial charge in [0.15, 0.2) is 0 Å². The minimum atomic E-state index is -1.31. The Labute approximate surface area is 144 Å². The minimum absolute atomic E-state index is 0.0785. The molecule has 0 bridgehead atoms. The van der Waals surface area contributed by atoms with Gasteiger partial charge in [-0.05, 0) is 19.4 Å². The molecule has 7 heteroatoms. The Balaban J connectivity index is 2.17. The zero-order chi connectivity index (χ0) is 17.8. The third kappa shape index (κ3) is 1.63. The molecule has 2 aliphatic heterocycles. The lowest BCUT2D eigenvalue weighted by molar-refractivity contribution is -0.120. The Morgan fingerprint density at radius 2 is 2.16 bits per heavy atom. The zero-order valence-electron chi connectivity index (χ0n) is 14.0. The highest BCUT2D eigenvalue weighted by Crippen LogP contribution is 2.55. The summed E-state index contributed by atoms with van der Waals surface area (Å²) in [6.07, 6.45) is 0.619. The predicted molar refractivity (Wildman–Crippen MR) is 90.7 cm³/mol. The van der Waals surface area contributed by atoms with Gasteiger partial charge < -0.3 is 15.4 Å². The van der Waals surface area contributed by atoms with Crippen LogP contribution < -0.4 is 15.4 Å². The van der Waals surface area contributed by atoms with Crippen LogP contribution >= 0.6 is 0 Å². The number of aromatic nitrogens is 2. The van der Waals surface area contributed by atoms with Gasteiger partial charge >= 0.3 is 0 Å². The minimum Gasteiger partial charge on any atom is -0.420 e. The van der Waals surface area contributed by atoms with Crippen LogP contribution in [0.4, 0.5) is 5.69 Å². The highest BCUT2D eigenvalue weighted by atomic mass is 16.5. The highest BCUT2D eigenvalue weighted by Gasteiger charge is 2.60. The lowest BCUT2D eigenvalue weighted by Gasteiger charge is -2.32. The maximum absolute atomic E-state index is 13.6. The first-order chi connectivity index (χ1) is 12.1. The zero-order valence-corrected chi connectivity index (χ0v) is 14.0. The number of H-pyrrole nitrogens is 1. The fourth-order valence-corrected chi connectivity index (χ4v) is 3.93. The van der Waals surface area contributed by atoms with Crippen LogP contribution in [0, 0.1) is 11.3 Å². The summed E-state index contributed by atoms with van der Waals surface area (Å²) in [5.41, 5.74) is 7.71. The van der Waals surface area contributed by atoms with Gasteiger partial charge in [0.25, 0.3) is 0 Å². The van der Waals surface area contributed by atoms with Crippen molar-refractivity contribution in [3.8, 4) is 11.9 Å². The van der Waals surface area contributed by atoms with E-state index in [1.165, 1.54) is 0 Å². The van der Waals surface area contributed by atoms with Gasteiger partial charge in [0.1, 0.15) is 17.1 Å². The Hall–Kier alpha value is -3.27. The smallest absolute Gasteiger partial charge is 0.247 e.